The molecule has 20 heavy (non-hydrogen) atoms. The molecule has 1 N–H and O–H groups in total. The predicted molar refractivity (Wildman–Crippen MR) is 71.8 cm³/mol. The number of carbonyl (C=O) groups is 1. The first-order valence-corrected chi connectivity index (χ1v) is 6.46. The Hall–Kier alpha value is -2.21. The van der Waals surface area contributed by atoms with Crippen molar-refractivity contribution in [3.63, 3.8) is 0 Å². The van der Waals surface area contributed by atoms with Crippen molar-refractivity contribution in [3.8, 4) is 0 Å². The lowest BCUT2D eigenvalue weighted by Gasteiger charge is -2.28. The van der Waals surface area contributed by atoms with Crippen LogP contribution in [0.4, 0.5) is 0 Å². The number of carbonyl (C=O) groups excluding carboxylic acids is 1. The summed E-state index contributed by atoms with van der Waals surface area (Å²) >= 11 is 0. The Morgan fingerprint density at radius 1 is 1.50 bits per heavy atom. The van der Waals surface area contributed by atoms with Gasteiger partial charge in [-0.05, 0) is 18.6 Å². The van der Waals surface area contributed by atoms with Crippen LogP contribution in [-0.4, -0.2) is 38.5 Å². The molecule has 6 nitrogen and oxygen atoms in total. The lowest BCUT2D eigenvalue weighted by Crippen LogP contribution is -2.42. The summed E-state index contributed by atoms with van der Waals surface area (Å²) in [6.45, 7) is 2.10. The molecule has 0 aliphatic heterocycles. The zero-order valence-corrected chi connectivity index (χ0v) is 11.3. The molecule has 0 bridgehead atoms. The highest BCUT2D eigenvalue weighted by Gasteiger charge is 2.25. The van der Waals surface area contributed by atoms with Crippen LogP contribution in [0.3, 0.4) is 0 Å². The van der Waals surface area contributed by atoms with Crippen molar-refractivity contribution in [1.29, 1.82) is 0 Å². The van der Waals surface area contributed by atoms with Crippen LogP contribution in [0.2, 0.25) is 0 Å². The highest BCUT2D eigenvalue weighted by Crippen LogP contribution is 2.14. The van der Waals surface area contributed by atoms with Crippen LogP contribution in [0.1, 0.15) is 29.6 Å². The SMILES string of the molecule is CCC(CO)N(Cc1ccco1)C(=O)c1cnccn1. The van der Waals surface area contributed by atoms with Crippen molar-refractivity contribution >= 4 is 5.91 Å². The van der Waals surface area contributed by atoms with Gasteiger partial charge in [0, 0.05) is 12.4 Å². The van der Waals surface area contributed by atoms with Crippen molar-refractivity contribution < 1.29 is 14.3 Å². The standard InChI is InChI=1S/C14H17N3O3/c1-2-11(10-18)17(9-12-4-3-7-20-12)14(19)13-8-15-5-6-16-13/h3-8,11,18H,2,9-10H2,1H3. The van der Waals surface area contributed by atoms with E-state index in [1.165, 1.54) is 18.6 Å². The van der Waals surface area contributed by atoms with E-state index in [9.17, 15) is 9.90 Å². The minimum absolute atomic E-state index is 0.108. The molecule has 1 amide bonds. The van der Waals surface area contributed by atoms with Crippen molar-refractivity contribution in [2.75, 3.05) is 6.61 Å². The molecule has 0 aliphatic rings. The molecule has 0 radical (unpaired) electrons. The summed E-state index contributed by atoms with van der Waals surface area (Å²) in [4.78, 5) is 22.0. The molecule has 6 heteroatoms. The second kappa shape index (κ2) is 6.81. The van der Waals surface area contributed by atoms with E-state index in [-0.39, 0.29) is 24.2 Å². The maximum absolute atomic E-state index is 12.5. The molecule has 1 atom stereocenters. The minimum Gasteiger partial charge on any atom is -0.467 e. The van der Waals surface area contributed by atoms with E-state index >= 15 is 0 Å². The minimum atomic E-state index is -0.283. The Morgan fingerprint density at radius 2 is 2.35 bits per heavy atom. The van der Waals surface area contributed by atoms with Crippen LogP contribution in [0.15, 0.2) is 41.4 Å². The van der Waals surface area contributed by atoms with E-state index in [0.29, 0.717) is 18.7 Å². The highest BCUT2D eigenvalue weighted by atomic mass is 16.3. The van der Waals surface area contributed by atoms with Crippen molar-refractivity contribution in [2.24, 2.45) is 0 Å². The number of furan rings is 1. The molecule has 0 fully saturated rings. The number of hydrogen-bond donors (Lipinski definition) is 1. The van der Waals surface area contributed by atoms with Gasteiger partial charge in [0.1, 0.15) is 11.5 Å². The summed E-state index contributed by atoms with van der Waals surface area (Å²) in [7, 11) is 0. The van der Waals surface area contributed by atoms with E-state index < -0.39 is 0 Å². The Bertz CT molecular complexity index is 524. The number of amides is 1. The topological polar surface area (TPSA) is 79.5 Å². The third-order valence-corrected chi connectivity index (χ3v) is 3.07. The van der Waals surface area contributed by atoms with Gasteiger partial charge in [-0.3, -0.25) is 9.78 Å². The maximum Gasteiger partial charge on any atom is 0.274 e. The van der Waals surface area contributed by atoms with Gasteiger partial charge in [-0.2, -0.15) is 0 Å². The zero-order valence-electron chi connectivity index (χ0n) is 11.3. The van der Waals surface area contributed by atoms with Crippen LogP contribution in [-0.2, 0) is 6.54 Å². The van der Waals surface area contributed by atoms with Crippen molar-refractivity contribution in [3.05, 3.63) is 48.4 Å². The Balaban J connectivity index is 2.23. The van der Waals surface area contributed by atoms with Crippen LogP contribution in [0.25, 0.3) is 0 Å². The average Bonchev–Trinajstić information content (AvgIpc) is 3.00. The quantitative estimate of drug-likeness (QED) is 0.863. The molecule has 2 aromatic rings. The molecule has 1 unspecified atom stereocenters. The van der Waals surface area contributed by atoms with E-state index in [4.69, 9.17) is 4.42 Å². The fraction of sp³-hybridized carbons (Fsp3) is 0.357. The zero-order chi connectivity index (χ0) is 14.4. The number of aliphatic hydroxyl groups excluding tert-OH is 1. The summed E-state index contributed by atoms with van der Waals surface area (Å²) in [5, 5.41) is 9.46. The summed E-state index contributed by atoms with van der Waals surface area (Å²) in [6.07, 6.45) is 6.60. The lowest BCUT2D eigenvalue weighted by atomic mass is 10.1. The average molecular weight is 275 g/mol. The molecular weight excluding hydrogens is 258 g/mol. The molecule has 0 aromatic carbocycles. The summed E-state index contributed by atoms with van der Waals surface area (Å²) in [5.74, 6) is 0.393. The Kier molecular flexibility index (Phi) is 4.84. The van der Waals surface area contributed by atoms with Gasteiger partial charge in [0.2, 0.25) is 0 Å². The molecule has 0 saturated heterocycles. The van der Waals surface area contributed by atoms with Crippen LogP contribution in [0, 0.1) is 0 Å². The summed E-state index contributed by atoms with van der Waals surface area (Å²) in [5.41, 5.74) is 0.256. The molecule has 0 saturated carbocycles. The first kappa shape index (κ1) is 14.2. The van der Waals surface area contributed by atoms with Crippen molar-refractivity contribution in [1.82, 2.24) is 14.9 Å². The normalized spacial score (nSPS) is 12.1. The van der Waals surface area contributed by atoms with E-state index in [1.54, 1.807) is 23.3 Å². The Morgan fingerprint density at radius 3 is 2.90 bits per heavy atom. The smallest absolute Gasteiger partial charge is 0.274 e. The van der Waals surface area contributed by atoms with Gasteiger partial charge in [-0.15, -0.1) is 0 Å². The number of nitrogens with zero attached hydrogens (tertiary/aromatic N) is 3. The molecule has 106 valence electrons. The third-order valence-electron chi connectivity index (χ3n) is 3.07. The van der Waals surface area contributed by atoms with Gasteiger partial charge < -0.3 is 14.4 Å². The van der Waals surface area contributed by atoms with E-state index in [2.05, 4.69) is 9.97 Å². The molecule has 2 heterocycles. The number of hydrogen-bond acceptors (Lipinski definition) is 5. The van der Waals surface area contributed by atoms with E-state index in [1.807, 2.05) is 6.92 Å². The Labute approximate surface area is 117 Å². The summed E-state index contributed by atoms with van der Waals surface area (Å²) in [6, 6.07) is 3.27. The van der Waals surface area contributed by atoms with Gasteiger partial charge >= 0.3 is 0 Å². The molecular formula is C14H17N3O3. The van der Waals surface area contributed by atoms with Crippen LogP contribution < -0.4 is 0 Å². The molecule has 2 rings (SSSR count). The fourth-order valence-corrected chi connectivity index (χ4v) is 1.94. The van der Waals surface area contributed by atoms with Crippen molar-refractivity contribution in [2.45, 2.75) is 25.9 Å². The van der Waals surface area contributed by atoms with Gasteiger partial charge in [-0.25, -0.2) is 4.98 Å². The lowest BCUT2D eigenvalue weighted by molar-refractivity contribution is 0.0538. The second-order valence-corrected chi connectivity index (χ2v) is 4.35. The number of aliphatic hydroxyl groups is 1. The maximum atomic E-state index is 12.5. The van der Waals surface area contributed by atoms with Crippen LogP contribution >= 0.6 is 0 Å². The van der Waals surface area contributed by atoms with Crippen LogP contribution in [0.5, 0.6) is 0 Å². The molecule has 0 aliphatic carbocycles. The van der Waals surface area contributed by atoms with Gasteiger partial charge in [-0.1, -0.05) is 6.92 Å². The highest BCUT2D eigenvalue weighted by molar-refractivity contribution is 5.92. The number of aromatic nitrogens is 2. The monoisotopic (exact) mass is 275 g/mol. The molecule has 2 aromatic heterocycles. The largest absolute Gasteiger partial charge is 0.467 e. The van der Waals surface area contributed by atoms with E-state index in [0.717, 1.165) is 0 Å². The van der Waals surface area contributed by atoms with Gasteiger partial charge in [0.15, 0.2) is 0 Å². The second-order valence-electron chi connectivity index (χ2n) is 4.35. The summed E-state index contributed by atoms with van der Waals surface area (Å²) < 4.78 is 5.28. The fourth-order valence-electron chi connectivity index (χ4n) is 1.94. The first-order chi connectivity index (χ1) is 9.76. The number of rotatable bonds is 6. The first-order valence-electron chi connectivity index (χ1n) is 6.46. The third kappa shape index (κ3) is 3.21. The predicted octanol–water partition coefficient (Wildman–Crippen LogP) is 1.48. The molecule has 0 spiro atoms. The van der Waals surface area contributed by atoms with Gasteiger partial charge in [0.25, 0.3) is 5.91 Å². The van der Waals surface area contributed by atoms with Gasteiger partial charge in [0.05, 0.1) is 31.7 Å².